The number of carbonyl (C=O) groups excluding carboxylic acids is 1. The summed E-state index contributed by atoms with van der Waals surface area (Å²) < 4.78 is 5.23. The van der Waals surface area contributed by atoms with E-state index in [4.69, 9.17) is 4.74 Å². The van der Waals surface area contributed by atoms with Gasteiger partial charge >= 0.3 is 0 Å². The van der Waals surface area contributed by atoms with Gasteiger partial charge in [-0.25, -0.2) is 4.98 Å². The van der Waals surface area contributed by atoms with Crippen LogP contribution in [0.5, 0.6) is 5.75 Å². The molecule has 0 spiro atoms. The van der Waals surface area contributed by atoms with Gasteiger partial charge in [-0.05, 0) is 36.8 Å². The van der Waals surface area contributed by atoms with E-state index in [1.807, 2.05) is 43.3 Å². The second kappa shape index (κ2) is 6.74. The topological polar surface area (TPSA) is 63.2 Å². The fraction of sp³-hybridized carbons (Fsp3) is 0.250. The molecule has 1 heterocycles. The molecule has 5 nitrogen and oxygen atoms in total. The predicted molar refractivity (Wildman–Crippen MR) is 83.6 cm³/mol. The van der Waals surface area contributed by atoms with E-state index in [0.29, 0.717) is 18.0 Å². The summed E-state index contributed by atoms with van der Waals surface area (Å²) in [6, 6.07) is 11.5. The van der Waals surface area contributed by atoms with E-state index in [2.05, 4.69) is 15.6 Å². The maximum Gasteiger partial charge on any atom is 0.221 e. The molecule has 0 saturated carbocycles. The van der Waals surface area contributed by atoms with E-state index in [0.717, 1.165) is 17.1 Å². The van der Waals surface area contributed by atoms with E-state index < -0.39 is 0 Å². The van der Waals surface area contributed by atoms with Crippen LogP contribution in [0.1, 0.15) is 18.2 Å². The maximum absolute atomic E-state index is 11.2. The van der Waals surface area contributed by atoms with Crippen LogP contribution in [0.3, 0.4) is 0 Å². The molecular weight excluding hydrogens is 266 g/mol. The highest BCUT2D eigenvalue weighted by atomic mass is 16.5. The summed E-state index contributed by atoms with van der Waals surface area (Å²) in [6.07, 6.45) is 0. The van der Waals surface area contributed by atoms with Gasteiger partial charge in [-0.1, -0.05) is 12.1 Å². The zero-order chi connectivity index (χ0) is 15.2. The summed E-state index contributed by atoms with van der Waals surface area (Å²) in [5.74, 6) is 1.34. The minimum Gasteiger partial charge on any atom is -0.495 e. The Hall–Kier alpha value is -2.56. The van der Waals surface area contributed by atoms with Crippen molar-refractivity contribution in [2.45, 2.75) is 20.4 Å². The number of nitrogens with zero attached hydrogens (tertiary/aromatic N) is 1. The number of hydrogen-bond acceptors (Lipinski definition) is 4. The molecule has 0 aliphatic rings. The summed E-state index contributed by atoms with van der Waals surface area (Å²) in [7, 11) is 1.58. The molecule has 0 unspecified atom stereocenters. The van der Waals surface area contributed by atoms with Gasteiger partial charge in [0.1, 0.15) is 11.6 Å². The highest BCUT2D eigenvalue weighted by molar-refractivity contribution is 5.90. The number of aromatic nitrogens is 1. The lowest BCUT2D eigenvalue weighted by molar-refractivity contribution is -0.114. The van der Waals surface area contributed by atoms with Crippen LogP contribution in [0.15, 0.2) is 36.4 Å². The van der Waals surface area contributed by atoms with Crippen LogP contribution in [0.25, 0.3) is 0 Å². The second-order valence-electron chi connectivity index (χ2n) is 4.73. The van der Waals surface area contributed by atoms with E-state index in [9.17, 15) is 4.79 Å². The number of ether oxygens (including phenoxy) is 1. The molecule has 1 amide bonds. The number of benzene rings is 1. The molecule has 2 N–H and O–H groups in total. The molecule has 110 valence electrons. The van der Waals surface area contributed by atoms with Gasteiger partial charge in [-0.2, -0.15) is 0 Å². The lowest BCUT2D eigenvalue weighted by atomic mass is 10.2. The molecule has 0 fully saturated rings. The van der Waals surface area contributed by atoms with E-state index in [1.54, 1.807) is 7.11 Å². The maximum atomic E-state index is 11.2. The Morgan fingerprint density at radius 2 is 2.10 bits per heavy atom. The third-order valence-corrected chi connectivity index (χ3v) is 2.94. The lowest BCUT2D eigenvalue weighted by Gasteiger charge is -2.12. The van der Waals surface area contributed by atoms with E-state index in [-0.39, 0.29) is 5.91 Å². The van der Waals surface area contributed by atoms with Crippen molar-refractivity contribution in [2.75, 3.05) is 17.7 Å². The van der Waals surface area contributed by atoms with Crippen LogP contribution in [0.2, 0.25) is 0 Å². The van der Waals surface area contributed by atoms with Gasteiger partial charge in [0.05, 0.1) is 12.8 Å². The monoisotopic (exact) mass is 285 g/mol. The Labute approximate surface area is 124 Å². The summed E-state index contributed by atoms with van der Waals surface area (Å²) >= 11 is 0. The highest BCUT2D eigenvalue weighted by Gasteiger charge is 2.06. The second-order valence-corrected chi connectivity index (χ2v) is 4.73. The number of amides is 1. The van der Waals surface area contributed by atoms with Crippen LogP contribution in [-0.4, -0.2) is 18.0 Å². The lowest BCUT2D eigenvalue weighted by Crippen LogP contribution is -2.08. The van der Waals surface area contributed by atoms with Crippen LogP contribution in [0.4, 0.5) is 11.5 Å². The fourth-order valence-electron chi connectivity index (χ4n) is 1.99. The first-order chi connectivity index (χ1) is 10.1. The number of methoxy groups -OCH3 is 1. The average Bonchev–Trinajstić information content (AvgIpc) is 2.45. The summed E-state index contributed by atoms with van der Waals surface area (Å²) in [5, 5.41) is 6.02. The Bertz CT molecular complexity index is 641. The smallest absolute Gasteiger partial charge is 0.221 e. The molecule has 0 bridgehead atoms. The van der Waals surface area contributed by atoms with Crippen LogP contribution < -0.4 is 15.4 Å². The molecule has 0 aliphatic carbocycles. The number of nitrogens with one attached hydrogen (secondary N) is 2. The molecule has 2 rings (SSSR count). The number of aryl methyl sites for hydroxylation is 1. The Kier molecular flexibility index (Phi) is 4.77. The van der Waals surface area contributed by atoms with Crippen molar-refractivity contribution in [3.8, 4) is 5.75 Å². The quantitative estimate of drug-likeness (QED) is 0.886. The van der Waals surface area contributed by atoms with Gasteiger partial charge in [-0.15, -0.1) is 0 Å². The first-order valence-corrected chi connectivity index (χ1v) is 6.70. The Balaban J connectivity index is 2.11. The molecule has 0 saturated heterocycles. The van der Waals surface area contributed by atoms with Gasteiger partial charge in [0.2, 0.25) is 5.91 Å². The predicted octanol–water partition coefficient (Wildman–Crippen LogP) is 2.97. The number of hydrogen-bond donors (Lipinski definition) is 2. The molecule has 0 radical (unpaired) electrons. The zero-order valence-electron chi connectivity index (χ0n) is 12.4. The molecule has 1 aromatic carbocycles. The summed E-state index contributed by atoms with van der Waals surface area (Å²) in [4.78, 5) is 15.6. The van der Waals surface area contributed by atoms with Crippen molar-refractivity contribution in [1.29, 1.82) is 0 Å². The van der Waals surface area contributed by atoms with E-state index in [1.165, 1.54) is 6.92 Å². The number of pyridine rings is 1. The van der Waals surface area contributed by atoms with Crippen LogP contribution >= 0.6 is 0 Å². The highest BCUT2D eigenvalue weighted by Crippen LogP contribution is 2.25. The molecule has 0 aliphatic heterocycles. The molecule has 21 heavy (non-hydrogen) atoms. The van der Waals surface area contributed by atoms with Gasteiger partial charge in [0.25, 0.3) is 0 Å². The number of anilines is 2. The van der Waals surface area contributed by atoms with Crippen molar-refractivity contribution < 1.29 is 9.53 Å². The van der Waals surface area contributed by atoms with Crippen molar-refractivity contribution in [3.05, 3.63) is 47.7 Å². The number of carbonyl (C=O) groups is 1. The van der Waals surface area contributed by atoms with Crippen LogP contribution in [-0.2, 0) is 11.3 Å². The zero-order valence-corrected chi connectivity index (χ0v) is 12.4. The molecular formula is C16H19N3O2. The molecule has 1 aromatic heterocycles. The van der Waals surface area contributed by atoms with E-state index >= 15 is 0 Å². The SMILES string of the molecule is COc1ccc(CNc2cccc(C)n2)cc1NC(C)=O. The molecule has 2 aromatic rings. The summed E-state index contributed by atoms with van der Waals surface area (Å²) in [5.41, 5.74) is 2.66. The standard InChI is InChI=1S/C16H19N3O2/c1-11-5-4-6-16(18-11)17-10-13-7-8-15(21-3)14(9-13)19-12(2)20/h4-9H,10H2,1-3H3,(H,17,18)(H,19,20). The third-order valence-electron chi connectivity index (χ3n) is 2.94. The first-order valence-electron chi connectivity index (χ1n) is 6.70. The van der Waals surface area contributed by atoms with Gasteiger partial charge in [0.15, 0.2) is 0 Å². The minimum absolute atomic E-state index is 0.126. The Morgan fingerprint density at radius 1 is 1.29 bits per heavy atom. The van der Waals surface area contributed by atoms with Crippen molar-refractivity contribution in [3.63, 3.8) is 0 Å². The van der Waals surface area contributed by atoms with Crippen LogP contribution in [0, 0.1) is 6.92 Å². The average molecular weight is 285 g/mol. The van der Waals surface area contributed by atoms with Gasteiger partial charge in [0, 0.05) is 19.2 Å². The van der Waals surface area contributed by atoms with Crippen molar-refractivity contribution in [1.82, 2.24) is 4.98 Å². The third kappa shape index (κ3) is 4.21. The van der Waals surface area contributed by atoms with Crippen molar-refractivity contribution >= 4 is 17.4 Å². The first kappa shape index (κ1) is 14.8. The Morgan fingerprint density at radius 3 is 2.76 bits per heavy atom. The normalized spacial score (nSPS) is 10.0. The van der Waals surface area contributed by atoms with Gasteiger partial charge < -0.3 is 15.4 Å². The fourth-order valence-corrected chi connectivity index (χ4v) is 1.99. The number of rotatable bonds is 5. The molecule has 5 heteroatoms. The minimum atomic E-state index is -0.126. The van der Waals surface area contributed by atoms with Crippen molar-refractivity contribution in [2.24, 2.45) is 0 Å². The molecule has 0 atom stereocenters. The van der Waals surface area contributed by atoms with Gasteiger partial charge in [-0.3, -0.25) is 4.79 Å². The largest absolute Gasteiger partial charge is 0.495 e. The summed E-state index contributed by atoms with van der Waals surface area (Å²) in [6.45, 7) is 4.04.